The molecule has 29 heavy (non-hydrogen) atoms. The number of aryl methyl sites for hydroxylation is 3. The molecule has 0 amide bonds. The topological polar surface area (TPSA) is 29.9 Å². The molecule has 0 spiro atoms. The Hall–Kier alpha value is -2.68. The van der Waals surface area contributed by atoms with Crippen LogP contribution in [0.15, 0.2) is 40.9 Å². The Labute approximate surface area is 173 Å². The highest BCUT2D eigenvalue weighted by molar-refractivity contribution is 6.08. The number of pyridine rings is 2. The number of rotatable bonds is 4. The Morgan fingerprint density at radius 1 is 1.00 bits per heavy atom. The molecule has 0 unspecified atom stereocenters. The van der Waals surface area contributed by atoms with Crippen molar-refractivity contribution in [1.29, 1.82) is 0 Å². The van der Waals surface area contributed by atoms with Crippen LogP contribution in [0.3, 0.4) is 0 Å². The first-order chi connectivity index (χ1) is 13.8. The van der Waals surface area contributed by atoms with Gasteiger partial charge in [0.1, 0.15) is 7.05 Å². The number of nitrogens with zero attached hydrogens (tertiary/aromatic N) is 2. The van der Waals surface area contributed by atoms with Crippen molar-refractivity contribution in [2.45, 2.75) is 53.9 Å². The average Bonchev–Trinajstić information content (AvgIpc) is 2.99. The Kier molecular flexibility index (Phi) is 4.94. The van der Waals surface area contributed by atoms with Gasteiger partial charge in [-0.3, -0.25) is 0 Å². The van der Waals surface area contributed by atoms with Crippen molar-refractivity contribution in [2.24, 2.45) is 13.0 Å². The first kappa shape index (κ1) is 19.6. The van der Waals surface area contributed by atoms with Gasteiger partial charge in [-0.2, -0.15) is 0 Å². The van der Waals surface area contributed by atoms with Gasteiger partial charge in [-0.15, -0.1) is 0 Å². The maximum atomic E-state index is 6.33. The molecule has 3 heterocycles. The van der Waals surface area contributed by atoms with Crippen molar-refractivity contribution in [3.8, 4) is 11.3 Å². The summed E-state index contributed by atoms with van der Waals surface area (Å²) in [6.07, 6.45) is 3.39. The van der Waals surface area contributed by atoms with Crippen molar-refractivity contribution in [3.05, 3.63) is 58.9 Å². The maximum Gasteiger partial charge on any atom is 0.227 e. The molecule has 0 atom stereocenters. The van der Waals surface area contributed by atoms with Crippen LogP contribution in [-0.4, -0.2) is 4.98 Å². The van der Waals surface area contributed by atoms with E-state index in [-0.39, 0.29) is 0 Å². The minimum absolute atomic E-state index is 0.499. The summed E-state index contributed by atoms with van der Waals surface area (Å²) in [5, 5.41) is 2.21. The van der Waals surface area contributed by atoms with Crippen LogP contribution in [0.25, 0.3) is 33.3 Å². The molecular weight excluding hydrogens is 356 g/mol. The molecule has 3 aromatic heterocycles. The summed E-state index contributed by atoms with van der Waals surface area (Å²) < 4.78 is 8.59. The van der Waals surface area contributed by atoms with Crippen LogP contribution in [0.1, 0.15) is 56.0 Å². The van der Waals surface area contributed by atoms with Crippen molar-refractivity contribution < 1.29 is 8.98 Å². The lowest BCUT2D eigenvalue weighted by Gasteiger charge is -2.15. The molecule has 3 heteroatoms. The monoisotopic (exact) mass is 387 g/mol. The van der Waals surface area contributed by atoms with Gasteiger partial charge in [-0.1, -0.05) is 39.8 Å². The van der Waals surface area contributed by atoms with Crippen LogP contribution in [-0.2, 0) is 13.5 Å². The third-order valence-electron chi connectivity index (χ3n) is 5.76. The second-order valence-corrected chi connectivity index (χ2v) is 9.04. The Morgan fingerprint density at radius 2 is 1.72 bits per heavy atom. The van der Waals surface area contributed by atoms with Crippen LogP contribution >= 0.6 is 0 Å². The van der Waals surface area contributed by atoms with Crippen LogP contribution in [0.5, 0.6) is 0 Å². The fourth-order valence-electron chi connectivity index (χ4n) is 4.33. The van der Waals surface area contributed by atoms with Crippen molar-refractivity contribution >= 4 is 22.1 Å². The van der Waals surface area contributed by atoms with Gasteiger partial charge in [0.25, 0.3) is 0 Å². The van der Waals surface area contributed by atoms with Crippen LogP contribution in [0.2, 0.25) is 0 Å². The highest BCUT2D eigenvalue weighted by atomic mass is 16.3. The van der Waals surface area contributed by atoms with E-state index in [2.05, 4.69) is 87.7 Å². The zero-order chi connectivity index (χ0) is 20.9. The lowest BCUT2D eigenvalue weighted by Crippen LogP contribution is -2.32. The van der Waals surface area contributed by atoms with Crippen molar-refractivity contribution in [1.82, 2.24) is 4.98 Å². The molecule has 0 aliphatic carbocycles. The summed E-state index contributed by atoms with van der Waals surface area (Å²) in [5.74, 6) is 1.11. The fourth-order valence-corrected chi connectivity index (χ4v) is 4.33. The standard InChI is InChI=1S/C26H31N2O/c1-15(2)12-19-13-23(28(7)14-22(19)16(3)4)24-17(5)8-10-20-21-11-9-18(6)27-26(21)29-25(20)24/h8-11,13-16H,12H2,1-7H3/q+1. The average molecular weight is 388 g/mol. The smallest absolute Gasteiger partial charge is 0.227 e. The zero-order valence-corrected chi connectivity index (χ0v) is 18.6. The molecular formula is C26H31N2O+. The van der Waals surface area contributed by atoms with E-state index in [4.69, 9.17) is 4.42 Å². The van der Waals surface area contributed by atoms with Gasteiger partial charge >= 0.3 is 0 Å². The van der Waals surface area contributed by atoms with Gasteiger partial charge in [0.2, 0.25) is 11.4 Å². The highest BCUT2D eigenvalue weighted by Gasteiger charge is 2.24. The quantitative estimate of drug-likeness (QED) is 0.379. The summed E-state index contributed by atoms with van der Waals surface area (Å²) in [6.45, 7) is 13.3. The van der Waals surface area contributed by atoms with Gasteiger partial charge in [0, 0.05) is 28.1 Å². The molecule has 1 aromatic carbocycles. The molecule has 0 aliphatic heterocycles. The van der Waals surface area contributed by atoms with Gasteiger partial charge < -0.3 is 4.42 Å². The predicted octanol–water partition coefficient (Wildman–Crippen LogP) is 6.41. The predicted molar refractivity (Wildman–Crippen MR) is 120 cm³/mol. The normalized spacial score (nSPS) is 12.0. The molecule has 3 nitrogen and oxygen atoms in total. The number of aromatic nitrogens is 2. The van der Waals surface area contributed by atoms with Gasteiger partial charge in [0.15, 0.2) is 11.8 Å². The molecule has 0 bridgehead atoms. The van der Waals surface area contributed by atoms with E-state index >= 15 is 0 Å². The summed E-state index contributed by atoms with van der Waals surface area (Å²) in [7, 11) is 2.14. The second-order valence-electron chi connectivity index (χ2n) is 9.04. The summed E-state index contributed by atoms with van der Waals surface area (Å²) in [4.78, 5) is 4.62. The lowest BCUT2D eigenvalue weighted by atomic mass is 9.91. The maximum absolute atomic E-state index is 6.33. The summed E-state index contributed by atoms with van der Waals surface area (Å²) in [6, 6.07) is 10.9. The molecule has 0 N–H and O–H groups in total. The largest absolute Gasteiger partial charge is 0.437 e. The van der Waals surface area contributed by atoms with Gasteiger partial charge in [-0.05, 0) is 55.4 Å². The molecule has 0 fully saturated rings. The minimum Gasteiger partial charge on any atom is -0.437 e. The van der Waals surface area contributed by atoms with Gasteiger partial charge in [0.05, 0.1) is 5.56 Å². The second kappa shape index (κ2) is 7.29. The molecule has 150 valence electrons. The number of hydrogen-bond donors (Lipinski definition) is 0. The third-order valence-corrected chi connectivity index (χ3v) is 5.76. The van der Waals surface area contributed by atoms with E-state index < -0.39 is 0 Å². The first-order valence-corrected chi connectivity index (χ1v) is 10.6. The van der Waals surface area contributed by atoms with E-state index in [0.717, 1.165) is 34.2 Å². The SMILES string of the molecule is Cc1ccc2c(n1)oc1c(-c3cc(CC(C)C)c(C(C)C)c[n+]3C)c(C)ccc12. The lowest BCUT2D eigenvalue weighted by molar-refractivity contribution is -0.660. The van der Waals surface area contributed by atoms with Crippen molar-refractivity contribution in [2.75, 3.05) is 0 Å². The van der Waals surface area contributed by atoms with E-state index in [1.807, 2.05) is 6.92 Å². The number of benzene rings is 1. The zero-order valence-electron chi connectivity index (χ0n) is 18.6. The van der Waals surface area contributed by atoms with Crippen molar-refractivity contribution in [3.63, 3.8) is 0 Å². The first-order valence-electron chi connectivity index (χ1n) is 10.6. The fraction of sp³-hybridized carbons (Fsp3) is 0.385. The number of hydrogen-bond acceptors (Lipinski definition) is 2. The molecule has 4 rings (SSSR count). The highest BCUT2D eigenvalue weighted by Crippen LogP contribution is 2.37. The van der Waals surface area contributed by atoms with E-state index in [1.165, 1.54) is 27.9 Å². The van der Waals surface area contributed by atoms with Crippen LogP contribution in [0.4, 0.5) is 0 Å². The van der Waals surface area contributed by atoms with E-state index in [0.29, 0.717) is 11.8 Å². The van der Waals surface area contributed by atoms with Crippen LogP contribution in [0, 0.1) is 19.8 Å². The Morgan fingerprint density at radius 3 is 2.41 bits per heavy atom. The summed E-state index contributed by atoms with van der Waals surface area (Å²) >= 11 is 0. The van der Waals surface area contributed by atoms with Crippen LogP contribution < -0.4 is 4.57 Å². The van der Waals surface area contributed by atoms with E-state index in [1.54, 1.807) is 0 Å². The Bertz CT molecular complexity index is 1210. The van der Waals surface area contributed by atoms with Gasteiger partial charge in [-0.25, -0.2) is 9.55 Å². The third kappa shape index (κ3) is 3.43. The number of furan rings is 1. The minimum atomic E-state index is 0.499. The molecule has 4 aromatic rings. The molecule has 0 radical (unpaired) electrons. The van der Waals surface area contributed by atoms with E-state index in [9.17, 15) is 0 Å². The number of fused-ring (bicyclic) bond motifs is 3. The molecule has 0 saturated carbocycles. The molecule has 0 saturated heterocycles. The molecule has 0 aliphatic rings. The summed E-state index contributed by atoms with van der Waals surface area (Å²) in [5.41, 5.74) is 9.07. The Balaban J connectivity index is 2.03.